The van der Waals surface area contributed by atoms with E-state index < -0.39 is 15.9 Å². The second-order valence-corrected chi connectivity index (χ2v) is 8.71. The van der Waals surface area contributed by atoms with Gasteiger partial charge in [0.1, 0.15) is 10.6 Å². The topological polar surface area (TPSA) is 84.5 Å². The van der Waals surface area contributed by atoms with Gasteiger partial charge in [-0.25, -0.2) is 8.42 Å². The molecule has 0 aliphatic carbocycles. The Bertz CT molecular complexity index is 1140. The summed E-state index contributed by atoms with van der Waals surface area (Å²) in [6.45, 7) is 2.19. The Labute approximate surface area is 180 Å². The fourth-order valence-electron chi connectivity index (χ4n) is 2.71. The maximum absolute atomic E-state index is 12.8. The number of carbonyl (C=O) groups is 1. The van der Waals surface area contributed by atoms with Crippen molar-refractivity contribution in [3.8, 4) is 5.75 Å². The molecule has 0 heterocycles. The van der Waals surface area contributed by atoms with Crippen molar-refractivity contribution in [1.82, 2.24) is 5.32 Å². The standard InChI is InChI=1S/C22H21ClN2O4S/c1-15-3-8-18(9-4-15)25-30(27,28)21-13-17(7-12-20(21)23)22(26)24-14-16-5-10-19(29-2)11-6-16/h3-13,25H,14H2,1-2H3,(H,24,26). The van der Waals surface area contributed by atoms with Crippen molar-refractivity contribution in [2.45, 2.75) is 18.4 Å². The third-order valence-electron chi connectivity index (χ3n) is 4.40. The summed E-state index contributed by atoms with van der Waals surface area (Å²) in [4.78, 5) is 12.4. The first kappa shape index (κ1) is 21.7. The SMILES string of the molecule is COc1ccc(CNC(=O)c2ccc(Cl)c(S(=O)(=O)Nc3ccc(C)cc3)c2)cc1. The highest BCUT2D eigenvalue weighted by Crippen LogP contribution is 2.25. The number of carbonyl (C=O) groups excluding carboxylic acids is 1. The summed E-state index contributed by atoms with van der Waals surface area (Å²) in [5.74, 6) is 0.313. The lowest BCUT2D eigenvalue weighted by Crippen LogP contribution is -2.23. The number of sulfonamides is 1. The van der Waals surface area contributed by atoms with Crippen molar-refractivity contribution in [1.29, 1.82) is 0 Å². The highest BCUT2D eigenvalue weighted by Gasteiger charge is 2.20. The molecule has 1 amide bonds. The Balaban J connectivity index is 1.76. The predicted octanol–water partition coefficient (Wildman–Crippen LogP) is 4.39. The van der Waals surface area contributed by atoms with Crippen LogP contribution >= 0.6 is 11.6 Å². The minimum Gasteiger partial charge on any atom is -0.497 e. The Morgan fingerprint density at radius 3 is 2.30 bits per heavy atom. The smallest absolute Gasteiger partial charge is 0.263 e. The summed E-state index contributed by atoms with van der Waals surface area (Å²) in [5, 5.41) is 2.80. The lowest BCUT2D eigenvalue weighted by atomic mass is 10.2. The summed E-state index contributed by atoms with van der Waals surface area (Å²) in [6.07, 6.45) is 0. The molecule has 3 aromatic rings. The van der Waals surface area contributed by atoms with Gasteiger partial charge in [0, 0.05) is 17.8 Å². The fraction of sp³-hybridized carbons (Fsp3) is 0.136. The van der Waals surface area contributed by atoms with Crippen LogP contribution in [0.15, 0.2) is 71.6 Å². The summed E-state index contributed by atoms with van der Waals surface area (Å²) >= 11 is 6.12. The van der Waals surface area contributed by atoms with Crippen molar-refractivity contribution >= 4 is 33.2 Å². The molecule has 0 aliphatic rings. The Hall–Kier alpha value is -3.03. The van der Waals surface area contributed by atoms with Gasteiger partial charge >= 0.3 is 0 Å². The van der Waals surface area contributed by atoms with Crippen molar-refractivity contribution < 1.29 is 17.9 Å². The summed E-state index contributed by atoms with van der Waals surface area (Å²) in [5.41, 5.74) is 2.49. The number of nitrogens with one attached hydrogen (secondary N) is 2. The number of aryl methyl sites for hydroxylation is 1. The number of ether oxygens (including phenoxy) is 1. The Kier molecular flexibility index (Phi) is 6.64. The van der Waals surface area contributed by atoms with Crippen LogP contribution in [-0.2, 0) is 16.6 Å². The molecule has 6 nitrogen and oxygen atoms in total. The number of methoxy groups -OCH3 is 1. The first-order chi connectivity index (χ1) is 14.3. The first-order valence-electron chi connectivity index (χ1n) is 9.08. The third kappa shape index (κ3) is 5.31. The van der Waals surface area contributed by atoms with E-state index in [0.29, 0.717) is 5.69 Å². The van der Waals surface area contributed by atoms with Crippen molar-refractivity contribution in [2.75, 3.05) is 11.8 Å². The molecule has 3 aromatic carbocycles. The molecule has 0 aromatic heterocycles. The van der Waals surface area contributed by atoms with Crippen LogP contribution in [-0.4, -0.2) is 21.4 Å². The summed E-state index contributed by atoms with van der Waals surface area (Å²) in [7, 11) is -2.38. The van der Waals surface area contributed by atoms with Crippen molar-refractivity contribution in [3.05, 3.63) is 88.4 Å². The second kappa shape index (κ2) is 9.19. The molecule has 0 saturated heterocycles. The van der Waals surface area contributed by atoms with Gasteiger partial charge in [0.25, 0.3) is 15.9 Å². The molecule has 0 radical (unpaired) electrons. The number of anilines is 1. The predicted molar refractivity (Wildman–Crippen MR) is 118 cm³/mol. The normalized spacial score (nSPS) is 11.0. The quantitative estimate of drug-likeness (QED) is 0.566. The second-order valence-electron chi connectivity index (χ2n) is 6.65. The molecule has 0 bridgehead atoms. The first-order valence-corrected chi connectivity index (χ1v) is 10.9. The van der Waals surface area contributed by atoms with Gasteiger partial charge in [0.05, 0.1) is 12.1 Å². The molecule has 30 heavy (non-hydrogen) atoms. The van der Waals surface area contributed by atoms with E-state index in [1.807, 2.05) is 19.1 Å². The van der Waals surface area contributed by atoms with Gasteiger partial charge in [-0.3, -0.25) is 9.52 Å². The Morgan fingerprint density at radius 2 is 1.67 bits per heavy atom. The number of hydrogen-bond donors (Lipinski definition) is 2. The zero-order chi connectivity index (χ0) is 21.7. The maximum atomic E-state index is 12.8. The van der Waals surface area contributed by atoms with E-state index in [2.05, 4.69) is 10.0 Å². The largest absolute Gasteiger partial charge is 0.497 e. The number of halogens is 1. The van der Waals surface area contributed by atoms with E-state index in [1.165, 1.54) is 18.2 Å². The van der Waals surface area contributed by atoms with Crippen LogP contribution in [0.1, 0.15) is 21.5 Å². The van der Waals surface area contributed by atoms with Crippen LogP contribution in [0.3, 0.4) is 0 Å². The fourth-order valence-corrected chi connectivity index (χ4v) is 4.30. The monoisotopic (exact) mass is 444 g/mol. The molecule has 0 unspecified atom stereocenters. The highest BCUT2D eigenvalue weighted by atomic mass is 35.5. The zero-order valence-corrected chi connectivity index (χ0v) is 18.0. The van der Waals surface area contributed by atoms with Crippen LogP contribution in [0.5, 0.6) is 5.75 Å². The van der Waals surface area contributed by atoms with Crippen LogP contribution in [0.25, 0.3) is 0 Å². The van der Waals surface area contributed by atoms with Gasteiger partial charge in [-0.15, -0.1) is 0 Å². The van der Waals surface area contributed by atoms with E-state index in [-0.39, 0.29) is 22.0 Å². The summed E-state index contributed by atoms with van der Waals surface area (Å²) in [6, 6.07) is 18.3. The van der Waals surface area contributed by atoms with Gasteiger partial charge in [-0.05, 0) is 55.0 Å². The van der Waals surface area contributed by atoms with E-state index >= 15 is 0 Å². The minimum atomic E-state index is -3.96. The van der Waals surface area contributed by atoms with Gasteiger partial charge in [0.15, 0.2) is 0 Å². The van der Waals surface area contributed by atoms with Crippen molar-refractivity contribution in [3.63, 3.8) is 0 Å². The van der Waals surface area contributed by atoms with Crippen LogP contribution in [0.4, 0.5) is 5.69 Å². The van der Waals surface area contributed by atoms with Gasteiger partial charge in [0.2, 0.25) is 0 Å². The number of amides is 1. The molecule has 8 heteroatoms. The number of benzene rings is 3. The highest BCUT2D eigenvalue weighted by molar-refractivity contribution is 7.92. The molecule has 0 aliphatic heterocycles. The Morgan fingerprint density at radius 1 is 1.00 bits per heavy atom. The van der Waals surface area contributed by atoms with Gasteiger partial charge in [-0.2, -0.15) is 0 Å². The van der Waals surface area contributed by atoms with E-state index in [1.54, 1.807) is 43.5 Å². The molecule has 3 rings (SSSR count). The minimum absolute atomic E-state index is 0.0290. The van der Waals surface area contributed by atoms with E-state index in [0.717, 1.165) is 16.9 Å². The maximum Gasteiger partial charge on any atom is 0.263 e. The van der Waals surface area contributed by atoms with Gasteiger partial charge in [-0.1, -0.05) is 41.4 Å². The molecule has 0 fully saturated rings. The van der Waals surface area contributed by atoms with Gasteiger partial charge < -0.3 is 10.1 Å². The molecular weight excluding hydrogens is 424 g/mol. The lowest BCUT2D eigenvalue weighted by Gasteiger charge is -2.12. The third-order valence-corrected chi connectivity index (χ3v) is 6.26. The van der Waals surface area contributed by atoms with Crippen LogP contribution in [0.2, 0.25) is 5.02 Å². The van der Waals surface area contributed by atoms with Crippen LogP contribution < -0.4 is 14.8 Å². The molecule has 0 spiro atoms. The van der Waals surface area contributed by atoms with Crippen LogP contribution in [0, 0.1) is 6.92 Å². The summed E-state index contributed by atoms with van der Waals surface area (Å²) < 4.78 is 33.2. The average molecular weight is 445 g/mol. The number of rotatable bonds is 7. The molecule has 0 saturated carbocycles. The lowest BCUT2D eigenvalue weighted by molar-refractivity contribution is 0.0950. The average Bonchev–Trinajstić information content (AvgIpc) is 2.74. The number of hydrogen-bond acceptors (Lipinski definition) is 4. The molecule has 0 atom stereocenters. The van der Waals surface area contributed by atoms with E-state index in [9.17, 15) is 13.2 Å². The molecule has 2 N–H and O–H groups in total. The zero-order valence-electron chi connectivity index (χ0n) is 16.5. The van der Waals surface area contributed by atoms with E-state index in [4.69, 9.17) is 16.3 Å². The molecule has 156 valence electrons. The molecular formula is C22H21ClN2O4S. The van der Waals surface area contributed by atoms with Crippen molar-refractivity contribution in [2.24, 2.45) is 0 Å².